The molecule has 5 heteroatoms. The first-order valence-corrected chi connectivity index (χ1v) is 8.69. The van der Waals surface area contributed by atoms with Gasteiger partial charge in [0.05, 0.1) is 12.4 Å². The van der Waals surface area contributed by atoms with E-state index in [1.807, 2.05) is 56.3 Å². The van der Waals surface area contributed by atoms with E-state index >= 15 is 0 Å². The second kappa shape index (κ2) is 6.45. The molecule has 0 fully saturated rings. The van der Waals surface area contributed by atoms with Gasteiger partial charge in [-0.25, -0.2) is 13.6 Å². The Kier molecular flexibility index (Phi) is 4.85. The summed E-state index contributed by atoms with van der Waals surface area (Å²) in [6, 6.07) is 13.9. The van der Waals surface area contributed by atoms with E-state index in [1.165, 1.54) is 0 Å². The molecule has 21 heavy (non-hydrogen) atoms. The number of hydrogen-bond donors (Lipinski definition) is 1. The summed E-state index contributed by atoms with van der Waals surface area (Å²) >= 11 is 0. The van der Waals surface area contributed by atoms with Crippen molar-refractivity contribution >= 4 is 20.8 Å². The summed E-state index contributed by atoms with van der Waals surface area (Å²) in [5.41, 5.74) is 0. The van der Waals surface area contributed by atoms with Crippen LogP contribution in [0, 0.1) is 11.8 Å². The first kappa shape index (κ1) is 15.8. The second-order valence-electron chi connectivity index (χ2n) is 5.65. The molecule has 0 aliphatic rings. The lowest BCUT2D eigenvalue weighted by Gasteiger charge is -2.20. The van der Waals surface area contributed by atoms with E-state index in [-0.39, 0.29) is 17.6 Å². The molecule has 0 aromatic heterocycles. The minimum atomic E-state index is -3.49. The van der Waals surface area contributed by atoms with Crippen LogP contribution in [0.4, 0.5) is 0 Å². The maximum absolute atomic E-state index is 11.3. The van der Waals surface area contributed by atoms with Crippen molar-refractivity contribution in [1.82, 2.24) is 0 Å². The number of fused-ring (bicyclic) bond motifs is 1. The minimum Gasteiger partial charge on any atom is -0.493 e. The average Bonchev–Trinajstić information content (AvgIpc) is 2.41. The quantitative estimate of drug-likeness (QED) is 0.892. The van der Waals surface area contributed by atoms with Crippen molar-refractivity contribution in [2.45, 2.75) is 13.8 Å². The van der Waals surface area contributed by atoms with Gasteiger partial charge in [0, 0.05) is 5.92 Å². The third-order valence-corrected chi connectivity index (χ3v) is 4.47. The van der Waals surface area contributed by atoms with Crippen LogP contribution >= 0.6 is 0 Å². The Morgan fingerprint density at radius 2 is 1.76 bits per heavy atom. The van der Waals surface area contributed by atoms with Crippen LogP contribution in [0.1, 0.15) is 13.8 Å². The Labute approximate surface area is 126 Å². The van der Waals surface area contributed by atoms with Crippen LogP contribution in [-0.4, -0.2) is 20.8 Å². The lowest BCUT2D eigenvalue weighted by molar-refractivity contribution is 0.225. The third kappa shape index (κ3) is 4.72. The Bertz CT molecular complexity index is 710. The van der Waals surface area contributed by atoms with E-state index in [4.69, 9.17) is 9.88 Å². The monoisotopic (exact) mass is 307 g/mol. The Morgan fingerprint density at radius 3 is 2.38 bits per heavy atom. The van der Waals surface area contributed by atoms with Crippen molar-refractivity contribution in [2.75, 3.05) is 12.4 Å². The molecule has 2 N–H and O–H groups in total. The van der Waals surface area contributed by atoms with Crippen molar-refractivity contribution in [2.24, 2.45) is 17.0 Å². The Balaban J connectivity index is 2.08. The molecule has 1 atom stereocenters. The molecule has 0 aliphatic heterocycles. The molecular formula is C16H21NO3S. The highest BCUT2D eigenvalue weighted by Gasteiger charge is 2.20. The third-order valence-electron chi connectivity index (χ3n) is 3.57. The standard InChI is InChI=1S/C16H21NO3S/c1-12(2)15(11-21(17,18)19)10-20-16-8-7-13-5-3-4-6-14(13)9-16/h3-9,12,15H,10-11H2,1-2H3,(H2,17,18,19). The fourth-order valence-corrected chi connectivity index (χ4v) is 3.27. The number of rotatable bonds is 6. The molecular weight excluding hydrogens is 286 g/mol. The van der Waals surface area contributed by atoms with Crippen molar-refractivity contribution in [3.63, 3.8) is 0 Å². The van der Waals surface area contributed by atoms with E-state index in [0.717, 1.165) is 16.5 Å². The van der Waals surface area contributed by atoms with Gasteiger partial charge in [-0.05, 0) is 28.8 Å². The lowest BCUT2D eigenvalue weighted by Crippen LogP contribution is -2.30. The van der Waals surface area contributed by atoms with Gasteiger partial charge < -0.3 is 4.74 Å². The van der Waals surface area contributed by atoms with Gasteiger partial charge in [0.15, 0.2) is 0 Å². The van der Waals surface area contributed by atoms with Gasteiger partial charge in [-0.2, -0.15) is 0 Å². The van der Waals surface area contributed by atoms with Crippen LogP contribution in [0.3, 0.4) is 0 Å². The SMILES string of the molecule is CC(C)C(COc1ccc2ccccc2c1)CS(N)(=O)=O. The highest BCUT2D eigenvalue weighted by atomic mass is 32.2. The molecule has 0 heterocycles. The fourth-order valence-electron chi connectivity index (χ4n) is 2.19. The first-order chi connectivity index (χ1) is 9.85. The van der Waals surface area contributed by atoms with E-state index in [9.17, 15) is 8.42 Å². The molecule has 0 saturated carbocycles. The second-order valence-corrected chi connectivity index (χ2v) is 7.31. The minimum absolute atomic E-state index is 0.0573. The van der Waals surface area contributed by atoms with Crippen LogP contribution in [0.15, 0.2) is 42.5 Å². The van der Waals surface area contributed by atoms with Crippen molar-refractivity contribution < 1.29 is 13.2 Å². The van der Waals surface area contributed by atoms with Crippen LogP contribution < -0.4 is 9.88 Å². The zero-order valence-corrected chi connectivity index (χ0v) is 13.1. The molecule has 0 spiro atoms. The van der Waals surface area contributed by atoms with E-state index in [1.54, 1.807) is 0 Å². The molecule has 0 saturated heterocycles. The molecule has 0 amide bonds. The zero-order valence-electron chi connectivity index (χ0n) is 12.3. The Hall–Kier alpha value is -1.59. The number of primary sulfonamides is 1. The first-order valence-electron chi connectivity index (χ1n) is 6.97. The summed E-state index contributed by atoms with van der Waals surface area (Å²) in [5.74, 6) is 0.752. The Morgan fingerprint density at radius 1 is 1.10 bits per heavy atom. The van der Waals surface area contributed by atoms with Gasteiger partial charge in [-0.1, -0.05) is 44.2 Å². The number of ether oxygens (including phenoxy) is 1. The highest BCUT2D eigenvalue weighted by molar-refractivity contribution is 7.89. The van der Waals surface area contributed by atoms with Crippen LogP contribution in [0.5, 0.6) is 5.75 Å². The maximum atomic E-state index is 11.3. The number of nitrogens with two attached hydrogens (primary N) is 1. The summed E-state index contributed by atoms with van der Waals surface area (Å²) in [5, 5.41) is 7.38. The van der Waals surface area contributed by atoms with E-state index in [0.29, 0.717) is 6.61 Å². The summed E-state index contributed by atoms with van der Waals surface area (Å²) in [6.45, 7) is 4.28. The summed E-state index contributed by atoms with van der Waals surface area (Å²) in [6.07, 6.45) is 0. The summed E-state index contributed by atoms with van der Waals surface area (Å²) < 4.78 is 28.3. The predicted octanol–water partition coefficient (Wildman–Crippen LogP) is 2.78. The number of benzene rings is 2. The zero-order chi connectivity index (χ0) is 15.5. The van der Waals surface area contributed by atoms with Crippen LogP contribution in [-0.2, 0) is 10.0 Å². The molecule has 1 unspecified atom stereocenters. The predicted molar refractivity (Wildman–Crippen MR) is 85.7 cm³/mol. The molecule has 2 aromatic carbocycles. The molecule has 114 valence electrons. The van der Waals surface area contributed by atoms with Crippen LogP contribution in [0.25, 0.3) is 10.8 Å². The highest BCUT2D eigenvalue weighted by Crippen LogP contribution is 2.22. The van der Waals surface area contributed by atoms with Crippen molar-refractivity contribution in [3.8, 4) is 5.75 Å². The van der Waals surface area contributed by atoms with Gasteiger partial charge in [0.2, 0.25) is 10.0 Å². The molecule has 4 nitrogen and oxygen atoms in total. The maximum Gasteiger partial charge on any atom is 0.209 e. The fraction of sp³-hybridized carbons (Fsp3) is 0.375. The van der Waals surface area contributed by atoms with Gasteiger partial charge >= 0.3 is 0 Å². The summed E-state index contributed by atoms with van der Waals surface area (Å²) in [7, 11) is -3.49. The lowest BCUT2D eigenvalue weighted by atomic mass is 9.99. The number of sulfonamides is 1. The molecule has 2 aromatic rings. The van der Waals surface area contributed by atoms with Crippen LogP contribution in [0.2, 0.25) is 0 Å². The smallest absolute Gasteiger partial charge is 0.209 e. The molecule has 0 aliphatic carbocycles. The largest absolute Gasteiger partial charge is 0.493 e. The van der Waals surface area contributed by atoms with Gasteiger partial charge in [0.1, 0.15) is 5.75 Å². The normalized spacial score (nSPS) is 13.5. The number of hydrogen-bond acceptors (Lipinski definition) is 3. The summed E-state index contributed by atoms with van der Waals surface area (Å²) in [4.78, 5) is 0. The van der Waals surface area contributed by atoms with Gasteiger partial charge in [0.25, 0.3) is 0 Å². The molecule has 2 rings (SSSR count). The average molecular weight is 307 g/mol. The van der Waals surface area contributed by atoms with E-state index < -0.39 is 10.0 Å². The van der Waals surface area contributed by atoms with Crippen molar-refractivity contribution in [1.29, 1.82) is 0 Å². The topological polar surface area (TPSA) is 69.4 Å². The van der Waals surface area contributed by atoms with E-state index in [2.05, 4.69) is 0 Å². The van der Waals surface area contributed by atoms with Gasteiger partial charge in [-0.3, -0.25) is 0 Å². The van der Waals surface area contributed by atoms with Crippen molar-refractivity contribution in [3.05, 3.63) is 42.5 Å². The van der Waals surface area contributed by atoms with Gasteiger partial charge in [-0.15, -0.1) is 0 Å². The molecule has 0 bridgehead atoms. The molecule has 0 radical (unpaired) electrons.